The van der Waals surface area contributed by atoms with E-state index in [2.05, 4.69) is 50.2 Å². The predicted molar refractivity (Wildman–Crippen MR) is 96.5 cm³/mol. The van der Waals surface area contributed by atoms with E-state index < -0.39 is 0 Å². The summed E-state index contributed by atoms with van der Waals surface area (Å²) in [5.41, 5.74) is 7.68. The minimum Gasteiger partial charge on any atom is -0.152 e. The summed E-state index contributed by atoms with van der Waals surface area (Å²) in [6.07, 6.45) is 0. The zero-order valence-electron chi connectivity index (χ0n) is 12.5. The highest BCUT2D eigenvalue weighted by molar-refractivity contribution is 7.97. The van der Waals surface area contributed by atoms with Crippen LogP contribution in [0.2, 0.25) is 0 Å². The molecular weight excluding hydrogens is 319 g/mol. The molecule has 0 N–H and O–H groups in total. The zero-order valence-corrected chi connectivity index (χ0v) is 14.8. The Kier molecular flexibility index (Phi) is 6.47. The van der Waals surface area contributed by atoms with Crippen LogP contribution in [0.25, 0.3) is 0 Å². The molecule has 0 atom stereocenters. The van der Waals surface area contributed by atoms with E-state index in [9.17, 15) is 0 Å². The van der Waals surface area contributed by atoms with Crippen LogP contribution in [-0.2, 0) is 23.3 Å². The van der Waals surface area contributed by atoms with Crippen molar-refractivity contribution in [2.75, 3.05) is 0 Å². The second-order valence-electron chi connectivity index (χ2n) is 5.30. The third-order valence-corrected chi connectivity index (χ3v) is 5.13. The maximum absolute atomic E-state index is 6.04. The lowest BCUT2D eigenvalue weighted by molar-refractivity contribution is 1.22. The summed E-state index contributed by atoms with van der Waals surface area (Å²) in [5, 5.41) is 0. The molecule has 0 aliphatic heterocycles. The SMILES string of the molecule is Cc1ccc(CSCc2ccc(C)cc2CCl)c(CCl)c1. The van der Waals surface area contributed by atoms with Gasteiger partial charge in [-0.2, -0.15) is 11.8 Å². The van der Waals surface area contributed by atoms with Crippen molar-refractivity contribution >= 4 is 35.0 Å². The quantitative estimate of drug-likeness (QED) is 0.563. The average Bonchev–Trinajstić information content (AvgIpc) is 2.49. The first-order valence-corrected chi connectivity index (χ1v) is 9.23. The number of thioether (sulfide) groups is 1. The van der Waals surface area contributed by atoms with E-state index in [0.717, 1.165) is 11.5 Å². The summed E-state index contributed by atoms with van der Waals surface area (Å²) < 4.78 is 0. The minimum atomic E-state index is 0.578. The molecule has 0 bridgehead atoms. The molecule has 2 rings (SSSR count). The number of alkyl halides is 2. The van der Waals surface area contributed by atoms with Crippen LogP contribution in [0.1, 0.15) is 33.4 Å². The first kappa shape index (κ1) is 16.7. The van der Waals surface area contributed by atoms with Gasteiger partial charge in [-0.05, 0) is 36.1 Å². The van der Waals surface area contributed by atoms with Gasteiger partial charge in [0.05, 0.1) is 0 Å². The van der Waals surface area contributed by atoms with Crippen LogP contribution < -0.4 is 0 Å². The van der Waals surface area contributed by atoms with E-state index >= 15 is 0 Å². The van der Waals surface area contributed by atoms with E-state index in [1.165, 1.54) is 33.4 Å². The van der Waals surface area contributed by atoms with Gasteiger partial charge < -0.3 is 0 Å². The lowest BCUT2D eigenvalue weighted by Gasteiger charge is -2.10. The molecule has 0 amide bonds. The molecule has 0 nitrogen and oxygen atoms in total. The van der Waals surface area contributed by atoms with Crippen LogP contribution in [0.4, 0.5) is 0 Å². The average molecular weight is 339 g/mol. The third kappa shape index (κ3) is 4.67. The van der Waals surface area contributed by atoms with Gasteiger partial charge in [-0.15, -0.1) is 23.2 Å². The number of aryl methyl sites for hydroxylation is 2. The Hall–Kier alpha value is -0.630. The van der Waals surface area contributed by atoms with Crippen molar-refractivity contribution in [3.05, 3.63) is 69.8 Å². The van der Waals surface area contributed by atoms with E-state index in [0.29, 0.717) is 11.8 Å². The maximum Gasteiger partial charge on any atom is 0.0477 e. The number of rotatable bonds is 6. The molecule has 2 aromatic carbocycles. The Morgan fingerprint density at radius 1 is 0.714 bits per heavy atom. The fourth-order valence-corrected chi connectivity index (χ4v) is 3.91. The molecule has 0 saturated carbocycles. The van der Waals surface area contributed by atoms with Gasteiger partial charge in [0.2, 0.25) is 0 Å². The molecule has 21 heavy (non-hydrogen) atoms. The van der Waals surface area contributed by atoms with Crippen molar-refractivity contribution < 1.29 is 0 Å². The second-order valence-corrected chi connectivity index (χ2v) is 6.82. The van der Waals surface area contributed by atoms with Gasteiger partial charge in [0, 0.05) is 23.3 Å². The normalized spacial score (nSPS) is 10.9. The Labute approximate surface area is 141 Å². The van der Waals surface area contributed by atoms with E-state index in [-0.39, 0.29) is 0 Å². The van der Waals surface area contributed by atoms with Crippen molar-refractivity contribution in [2.24, 2.45) is 0 Å². The first-order chi connectivity index (χ1) is 10.1. The predicted octanol–water partition coefficient (Wildman–Crippen LogP) is 6.21. The van der Waals surface area contributed by atoms with E-state index in [1.54, 1.807) is 0 Å². The summed E-state index contributed by atoms with van der Waals surface area (Å²) in [5.74, 6) is 3.12. The van der Waals surface area contributed by atoms with Crippen molar-refractivity contribution in [2.45, 2.75) is 37.1 Å². The van der Waals surface area contributed by atoms with Gasteiger partial charge in [0.15, 0.2) is 0 Å². The molecule has 112 valence electrons. The smallest absolute Gasteiger partial charge is 0.0477 e. The number of benzene rings is 2. The highest BCUT2D eigenvalue weighted by atomic mass is 35.5. The Balaban J connectivity index is 2.02. The fraction of sp³-hybridized carbons (Fsp3) is 0.333. The van der Waals surface area contributed by atoms with Crippen molar-refractivity contribution in [3.8, 4) is 0 Å². The molecule has 0 aliphatic rings. The van der Waals surface area contributed by atoms with Gasteiger partial charge in [0.1, 0.15) is 0 Å². The molecule has 0 aromatic heterocycles. The Morgan fingerprint density at radius 3 is 1.52 bits per heavy atom. The largest absolute Gasteiger partial charge is 0.152 e. The number of hydrogen-bond acceptors (Lipinski definition) is 1. The van der Waals surface area contributed by atoms with Gasteiger partial charge in [-0.25, -0.2) is 0 Å². The van der Waals surface area contributed by atoms with E-state index in [1.807, 2.05) is 11.8 Å². The topological polar surface area (TPSA) is 0 Å². The molecular formula is C18H20Cl2S. The Morgan fingerprint density at radius 2 is 1.14 bits per heavy atom. The zero-order chi connectivity index (χ0) is 15.2. The first-order valence-electron chi connectivity index (χ1n) is 7.00. The van der Waals surface area contributed by atoms with E-state index in [4.69, 9.17) is 23.2 Å². The molecule has 3 heteroatoms. The molecule has 2 aromatic rings. The maximum atomic E-state index is 6.04. The molecule has 0 aliphatic carbocycles. The Bertz CT molecular complexity index is 555. The van der Waals surface area contributed by atoms with Crippen LogP contribution >= 0.6 is 35.0 Å². The standard InChI is InChI=1S/C18H20Cl2S/c1-13-3-5-15(17(7-13)9-19)11-21-12-16-6-4-14(2)8-18(16)10-20/h3-8H,9-12H2,1-2H3. The number of hydrogen-bond donors (Lipinski definition) is 0. The van der Waals surface area contributed by atoms with Gasteiger partial charge in [-0.3, -0.25) is 0 Å². The highest BCUT2D eigenvalue weighted by Gasteiger charge is 2.05. The van der Waals surface area contributed by atoms with Crippen LogP contribution in [0.3, 0.4) is 0 Å². The van der Waals surface area contributed by atoms with Crippen LogP contribution in [-0.4, -0.2) is 0 Å². The third-order valence-electron chi connectivity index (χ3n) is 3.53. The summed E-state index contributed by atoms with van der Waals surface area (Å²) in [6, 6.07) is 13.1. The molecule has 0 radical (unpaired) electrons. The summed E-state index contributed by atoms with van der Waals surface area (Å²) in [7, 11) is 0. The molecule has 0 saturated heterocycles. The summed E-state index contributed by atoms with van der Waals surface area (Å²) in [6.45, 7) is 4.21. The van der Waals surface area contributed by atoms with Crippen molar-refractivity contribution in [1.82, 2.24) is 0 Å². The summed E-state index contributed by atoms with van der Waals surface area (Å²) >= 11 is 14.0. The summed E-state index contributed by atoms with van der Waals surface area (Å²) in [4.78, 5) is 0. The minimum absolute atomic E-state index is 0.578. The second kappa shape index (κ2) is 8.12. The molecule has 0 spiro atoms. The molecule has 0 heterocycles. The van der Waals surface area contributed by atoms with Crippen molar-refractivity contribution in [3.63, 3.8) is 0 Å². The lowest BCUT2D eigenvalue weighted by Crippen LogP contribution is -1.94. The van der Waals surface area contributed by atoms with Gasteiger partial charge >= 0.3 is 0 Å². The number of halogens is 2. The fourth-order valence-electron chi connectivity index (χ4n) is 2.31. The van der Waals surface area contributed by atoms with Crippen LogP contribution in [0.15, 0.2) is 36.4 Å². The highest BCUT2D eigenvalue weighted by Crippen LogP contribution is 2.25. The monoisotopic (exact) mass is 338 g/mol. The van der Waals surface area contributed by atoms with Crippen molar-refractivity contribution in [1.29, 1.82) is 0 Å². The molecule has 0 fully saturated rings. The molecule has 0 unspecified atom stereocenters. The lowest BCUT2D eigenvalue weighted by atomic mass is 10.1. The van der Waals surface area contributed by atoms with Gasteiger partial charge in [-0.1, -0.05) is 47.5 Å². The van der Waals surface area contributed by atoms with Crippen LogP contribution in [0.5, 0.6) is 0 Å². The van der Waals surface area contributed by atoms with Crippen LogP contribution in [0, 0.1) is 13.8 Å². The van der Waals surface area contributed by atoms with Gasteiger partial charge in [0.25, 0.3) is 0 Å².